The molecule has 0 bridgehead atoms. The van der Waals surface area contributed by atoms with E-state index in [0.717, 1.165) is 31.5 Å². The zero-order valence-corrected chi connectivity index (χ0v) is 20.9. The Kier molecular flexibility index (Phi) is 6.78. The van der Waals surface area contributed by atoms with Gasteiger partial charge in [0.15, 0.2) is 0 Å². The Bertz CT molecular complexity index is 1020. The van der Waals surface area contributed by atoms with E-state index in [9.17, 15) is 22.8 Å². The number of hydrogen-bond acceptors (Lipinski definition) is 5. The number of rotatable bonds is 4. The minimum atomic E-state index is -4.48. The second-order valence-corrected chi connectivity index (χ2v) is 11.0. The number of carbonyl (C=O) groups excluding carboxylic acids is 2. The Morgan fingerprint density at radius 2 is 2.11 bits per heavy atom. The number of carbonyl (C=O) groups is 2. The SMILES string of the molecule is COC1COCCC1C[C@@H]1C[C@H]2CN(C(C)=O)C[C@@]2(C(=O)N2CCc3ncc(C(F)(F)F)cc3C2)C1. The van der Waals surface area contributed by atoms with Gasteiger partial charge in [-0.1, -0.05) is 0 Å². The summed E-state index contributed by atoms with van der Waals surface area (Å²) in [5.41, 5.74) is -0.400. The first-order valence-electron chi connectivity index (χ1n) is 12.8. The van der Waals surface area contributed by atoms with Crippen LogP contribution in [0.15, 0.2) is 12.3 Å². The summed E-state index contributed by atoms with van der Waals surface area (Å²) in [6.07, 6.45) is 0.316. The molecule has 3 fully saturated rings. The summed E-state index contributed by atoms with van der Waals surface area (Å²) in [6, 6.07) is 1.13. The molecule has 1 aliphatic carbocycles. The third kappa shape index (κ3) is 4.62. The Morgan fingerprint density at radius 3 is 2.83 bits per heavy atom. The van der Waals surface area contributed by atoms with Crippen LogP contribution in [0.1, 0.15) is 49.4 Å². The van der Waals surface area contributed by atoms with E-state index >= 15 is 0 Å². The van der Waals surface area contributed by atoms with Crippen LogP contribution in [0.25, 0.3) is 0 Å². The van der Waals surface area contributed by atoms with Crippen LogP contribution >= 0.6 is 0 Å². The topological polar surface area (TPSA) is 72.0 Å². The van der Waals surface area contributed by atoms with Crippen LogP contribution in [0.5, 0.6) is 0 Å². The molecule has 0 spiro atoms. The minimum Gasteiger partial charge on any atom is -0.379 e. The van der Waals surface area contributed by atoms with Gasteiger partial charge < -0.3 is 19.3 Å². The fraction of sp³-hybridized carbons (Fsp3) is 0.731. The lowest BCUT2D eigenvalue weighted by Crippen LogP contribution is -2.49. The van der Waals surface area contributed by atoms with E-state index in [0.29, 0.717) is 68.8 Å². The third-order valence-electron chi connectivity index (χ3n) is 8.87. The van der Waals surface area contributed by atoms with Crippen molar-refractivity contribution in [3.05, 3.63) is 29.1 Å². The maximum Gasteiger partial charge on any atom is 0.417 e. The number of amides is 2. The Balaban J connectivity index is 1.36. The maximum absolute atomic E-state index is 14.1. The largest absolute Gasteiger partial charge is 0.417 e. The highest BCUT2D eigenvalue weighted by Gasteiger charge is 2.59. The molecule has 5 atom stereocenters. The molecule has 1 saturated carbocycles. The molecule has 198 valence electrons. The third-order valence-corrected chi connectivity index (χ3v) is 8.87. The van der Waals surface area contributed by atoms with Crippen LogP contribution in [-0.2, 0) is 38.2 Å². The van der Waals surface area contributed by atoms with Gasteiger partial charge in [-0.2, -0.15) is 13.2 Å². The molecule has 0 N–H and O–H groups in total. The van der Waals surface area contributed by atoms with E-state index in [1.165, 1.54) is 6.92 Å². The number of alkyl halides is 3. The summed E-state index contributed by atoms with van der Waals surface area (Å²) in [5.74, 6) is 0.694. The molecular weight excluding hydrogens is 475 g/mol. The molecule has 0 radical (unpaired) electrons. The van der Waals surface area contributed by atoms with E-state index in [1.807, 2.05) is 0 Å². The predicted octanol–water partition coefficient (Wildman–Crippen LogP) is 3.30. The van der Waals surface area contributed by atoms with Crippen molar-refractivity contribution in [3.63, 3.8) is 0 Å². The van der Waals surface area contributed by atoms with Gasteiger partial charge in [0.1, 0.15) is 0 Å². The molecule has 4 heterocycles. The molecule has 7 nitrogen and oxygen atoms in total. The molecule has 4 aliphatic rings. The molecular formula is C26H34F3N3O4. The number of fused-ring (bicyclic) bond motifs is 2. The molecule has 1 aromatic heterocycles. The van der Waals surface area contributed by atoms with Crippen molar-refractivity contribution in [1.29, 1.82) is 0 Å². The second-order valence-electron chi connectivity index (χ2n) is 11.0. The van der Waals surface area contributed by atoms with Crippen molar-refractivity contribution in [1.82, 2.24) is 14.8 Å². The summed E-state index contributed by atoms with van der Waals surface area (Å²) in [5, 5.41) is 0. The highest BCUT2D eigenvalue weighted by molar-refractivity contribution is 5.86. The van der Waals surface area contributed by atoms with E-state index in [-0.39, 0.29) is 30.4 Å². The maximum atomic E-state index is 14.1. The fourth-order valence-corrected chi connectivity index (χ4v) is 7.04. The van der Waals surface area contributed by atoms with Gasteiger partial charge >= 0.3 is 6.18 Å². The van der Waals surface area contributed by atoms with Gasteiger partial charge in [0.25, 0.3) is 0 Å². The zero-order chi connectivity index (χ0) is 25.7. The molecule has 2 amide bonds. The monoisotopic (exact) mass is 509 g/mol. The lowest BCUT2D eigenvalue weighted by atomic mass is 9.78. The Hall–Kier alpha value is -2.20. The van der Waals surface area contributed by atoms with Crippen molar-refractivity contribution >= 4 is 11.8 Å². The standard InChI is InChI=1S/C26H34F3N3O4/c1-16(33)32-13-21-8-17(7-18-4-6-36-14-23(18)35-2)10-25(21,15-32)24(34)31-5-3-22-19(12-31)9-20(11-30-22)26(27,28)29/h9,11,17-18,21,23H,3-8,10,12-15H2,1-2H3/t17-,18?,21+,23?,25+/m1/s1. The number of nitrogens with zero attached hydrogens (tertiary/aromatic N) is 3. The molecule has 2 saturated heterocycles. The predicted molar refractivity (Wildman–Crippen MR) is 124 cm³/mol. The first-order chi connectivity index (χ1) is 17.1. The summed E-state index contributed by atoms with van der Waals surface area (Å²) >= 11 is 0. The average Bonchev–Trinajstić information content (AvgIpc) is 3.38. The number of aromatic nitrogens is 1. The van der Waals surface area contributed by atoms with Gasteiger partial charge in [-0.3, -0.25) is 14.6 Å². The molecule has 10 heteroatoms. The lowest BCUT2D eigenvalue weighted by Gasteiger charge is -2.37. The van der Waals surface area contributed by atoms with Crippen molar-refractivity contribution in [2.75, 3.05) is 40.0 Å². The van der Waals surface area contributed by atoms with Crippen molar-refractivity contribution in [2.45, 2.75) is 57.9 Å². The van der Waals surface area contributed by atoms with Crippen molar-refractivity contribution in [2.24, 2.45) is 23.2 Å². The molecule has 1 aromatic rings. The number of hydrogen-bond donors (Lipinski definition) is 0. The van der Waals surface area contributed by atoms with E-state index in [1.54, 1.807) is 16.9 Å². The van der Waals surface area contributed by atoms with Crippen LogP contribution < -0.4 is 0 Å². The number of pyridine rings is 1. The summed E-state index contributed by atoms with van der Waals surface area (Å²) in [7, 11) is 1.71. The van der Waals surface area contributed by atoms with Crippen LogP contribution in [0.2, 0.25) is 0 Å². The summed E-state index contributed by atoms with van der Waals surface area (Å²) in [4.78, 5) is 33.9. The number of halogens is 3. The Labute approximate surface area is 209 Å². The lowest BCUT2D eigenvalue weighted by molar-refractivity contribution is -0.144. The van der Waals surface area contributed by atoms with Gasteiger partial charge in [-0.25, -0.2) is 0 Å². The van der Waals surface area contributed by atoms with Gasteiger partial charge in [0.05, 0.1) is 23.7 Å². The number of methoxy groups -OCH3 is 1. The highest BCUT2D eigenvalue weighted by Crippen LogP contribution is 2.54. The van der Waals surface area contributed by atoms with Crippen LogP contribution in [-0.4, -0.2) is 72.7 Å². The van der Waals surface area contributed by atoms with Gasteiger partial charge in [-0.15, -0.1) is 0 Å². The Morgan fingerprint density at radius 1 is 1.31 bits per heavy atom. The first-order valence-corrected chi connectivity index (χ1v) is 12.8. The summed E-state index contributed by atoms with van der Waals surface area (Å²) in [6.45, 7) is 4.32. The molecule has 5 rings (SSSR count). The van der Waals surface area contributed by atoms with Crippen LogP contribution in [0.4, 0.5) is 13.2 Å². The fourth-order valence-electron chi connectivity index (χ4n) is 7.04. The quantitative estimate of drug-likeness (QED) is 0.623. The number of likely N-dealkylation sites (tertiary alicyclic amines) is 1. The van der Waals surface area contributed by atoms with E-state index in [2.05, 4.69) is 4.98 Å². The molecule has 2 unspecified atom stereocenters. The summed E-state index contributed by atoms with van der Waals surface area (Å²) < 4.78 is 51.0. The average molecular weight is 510 g/mol. The smallest absolute Gasteiger partial charge is 0.379 e. The van der Waals surface area contributed by atoms with Crippen LogP contribution in [0.3, 0.4) is 0 Å². The normalized spacial score (nSPS) is 32.4. The van der Waals surface area contributed by atoms with Crippen molar-refractivity contribution < 1.29 is 32.2 Å². The second kappa shape index (κ2) is 9.59. The van der Waals surface area contributed by atoms with E-state index < -0.39 is 17.2 Å². The number of ether oxygens (including phenoxy) is 2. The van der Waals surface area contributed by atoms with Gasteiger partial charge in [-0.05, 0) is 55.1 Å². The van der Waals surface area contributed by atoms with Gasteiger partial charge in [0.2, 0.25) is 11.8 Å². The molecule has 36 heavy (non-hydrogen) atoms. The van der Waals surface area contributed by atoms with Crippen molar-refractivity contribution in [3.8, 4) is 0 Å². The molecule has 0 aromatic carbocycles. The van der Waals surface area contributed by atoms with Gasteiger partial charge in [0, 0.05) is 65.1 Å². The first kappa shape index (κ1) is 25.4. The van der Waals surface area contributed by atoms with Crippen LogP contribution in [0, 0.1) is 23.2 Å². The molecule has 3 aliphatic heterocycles. The zero-order valence-electron chi connectivity index (χ0n) is 20.9. The highest BCUT2D eigenvalue weighted by atomic mass is 19.4. The van der Waals surface area contributed by atoms with E-state index in [4.69, 9.17) is 9.47 Å². The minimum absolute atomic E-state index is 0.0305.